The summed E-state index contributed by atoms with van der Waals surface area (Å²) in [6.45, 7) is 4.03. The Hall–Kier alpha value is -1.35. The highest BCUT2D eigenvalue weighted by Crippen LogP contribution is 2.33. The van der Waals surface area contributed by atoms with Gasteiger partial charge in [0.15, 0.2) is 0 Å². The SMILES string of the molecule is Cc1cc(N)ccc1Sc1ccoc1C. The Labute approximate surface area is 93.5 Å². The molecule has 0 aliphatic rings. The smallest absolute Gasteiger partial charge is 0.114 e. The average Bonchev–Trinajstić information content (AvgIpc) is 2.57. The number of furan rings is 1. The van der Waals surface area contributed by atoms with Crippen molar-refractivity contribution in [2.75, 3.05) is 5.73 Å². The lowest BCUT2D eigenvalue weighted by Crippen LogP contribution is -1.86. The normalized spacial score (nSPS) is 10.5. The first-order valence-corrected chi connectivity index (χ1v) is 5.56. The summed E-state index contributed by atoms with van der Waals surface area (Å²) in [4.78, 5) is 2.37. The Morgan fingerprint density at radius 2 is 1.93 bits per heavy atom. The summed E-state index contributed by atoms with van der Waals surface area (Å²) in [6.07, 6.45) is 1.71. The molecule has 15 heavy (non-hydrogen) atoms. The van der Waals surface area contributed by atoms with Gasteiger partial charge in [0, 0.05) is 10.6 Å². The highest BCUT2D eigenvalue weighted by molar-refractivity contribution is 7.99. The van der Waals surface area contributed by atoms with Crippen LogP contribution in [-0.4, -0.2) is 0 Å². The van der Waals surface area contributed by atoms with Crippen molar-refractivity contribution in [1.82, 2.24) is 0 Å². The third-order valence-corrected chi connectivity index (χ3v) is 3.55. The molecule has 0 atom stereocenters. The molecular formula is C12H13NOS. The number of nitrogens with two attached hydrogens (primary N) is 1. The minimum atomic E-state index is 0.806. The molecule has 0 saturated carbocycles. The molecule has 0 bridgehead atoms. The second-order valence-corrected chi connectivity index (χ2v) is 4.55. The van der Waals surface area contributed by atoms with E-state index in [1.807, 2.05) is 31.2 Å². The number of nitrogen functional groups attached to an aromatic ring is 1. The molecule has 0 unspecified atom stereocenters. The van der Waals surface area contributed by atoms with Gasteiger partial charge in [0.25, 0.3) is 0 Å². The fourth-order valence-corrected chi connectivity index (χ4v) is 2.29. The summed E-state index contributed by atoms with van der Waals surface area (Å²) in [5.74, 6) is 0.955. The lowest BCUT2D eigenvalue weighted by molar-refractivity contribution is 0.527. The molecule has 0 amide bonds. The van der Waals surface area contributed by atoms with Crippen LogP contribution in [0.3, 0.4) is 0 Å². The van der Waals surface area contributed by atoms with Crippen molar-refractivity contribution in [2.45, 2.75) is 23.6 Å². The van der Waals surface area contributed by atoms with Gasteiger partial charge in [-0.2, -0.15) is 0 Å². The highest BCUT2D eigenvalue weighted by Gasteiger charge is 2.05. The van der Waals surface area contributed by atoms with E-state index in [4.69, 9.17) is 10.2 Å². The van der Waals surface area contributed by atoms with E-state index in [2.05, 4.69) is 6.92 Å². The number of hydrogen-bond acceptors (Lipinski definition) is 3. The van der Waals surface area contributed by atoms with E-state index in [1.165, 1.54) is 10.5 Å². The van der Waals surface area contributed by atoms with Crippen LogP contribution in [0.25, 0.3) is 0 Å². The predicted octanol–water partition coefficient (Wildman–Crippen LogP) is 3.63. The maximum Gasteiger partial charge on any atom is 0.114 e. The van der Waals surface area contributed by atoms with Crippen LogP contribution in [0.15, 0.2) is 44.7 Å². The number of hydrogen-bond donors (Lipinski definition) is 1. The lowest BCUT2D eigenvalue weighted by Gasteiger charge is -2.05. The molecule has 0 saturated heterocycles. The molecule has 1 aromatic heterocycles. The fraction of sp³-hybridized carbons (Fsp3) is 0.167. The predicted molar refractivity (Wildman–Crippen MR) is 63.2 cm³/mol. The van der Waals surface area contributed by atoms with E-state index in [9.17, 15) is 0 Å². The van der Waals surface area contributed by atoms with Crippen molar-refractivity contribution in [3.8, 4) is 0 Å². The molecule has 2 nitrogen and oxygen atoms in total. The van der Waals surface area contributed by atoms with Crippen LogP contribution >= 0.6 is 11.8 Å². The summed E-state index contributed by atoms with van der Waals surface area (Å²) >= 11 is 1.71. The van der Waals surface area contributed by atoms with Gasteiger partial charge in [-0.15, -0.1) is 0 Å². The van der Waals surface area contributed by atoms with Crippen molar-refractivity contribution in [2.24, 2.45) is 0 Å². The Bertz CT molecular complexity index is 476. The van der Waals surface area contributed by atoms with Crippen LogP contribution < -0.4 is 5.73 Å². The molecule has 78 valence electrons. The van der Waals surface area contributed by atoms with E-state index in [0.29, 0.717) is 0 Å². The first kappa shape index (κ1) is 10.2. The number of rotatable bonds is 2. The van der Waals surface area contributed by atoms with E-state index < -0.39 is 0 Å². The van der Waals surface area contributed by atoms with Crippen molar-refractivity contribution >= 4 is 17.4 Å². The molecule has 0 spiro atoms. The summed E-state index contributed by atoms with van der Waals surface area (Å²) in [7, 11) is 0. The van der Waals surface area contributed by atoms with Gasteiger partial charge in [0.2, 0.25) is 0 Å². The van der Waals surface area contributed by atoms with Crippen LogP contribution in [0.2, 0.25) is 0 Å². The zero-order valence-electron chi connectivity index (χ0n) is 8.78. The van der Waals surface area contributed by atoms with Crippen LogP contribution in [0.4, 0.5) is 5.69 Å². The zero-order valence-corrected chi connectivity index (χ0v) is 9.60. The van der Waals surface area contributed by atoms with Gasteiger partial charge in [-0.05, 0) is 43.7 Å². The van der Waals surface area contributed by atoms with Gasteiger partial charge in [0.1, 0.15) is 5.76 Å². The number of benzene rings is 1. The number of aryl methyl sites for hydroxylation is 2. The van der Waals surface area contributed by atoms with E-state index in [0.717, 1.165) is 16.3 Å². The highest BCUT2D eigenvalue weighted by atomic mass is 32.2. The first-order valence-electron chi connectivity index (χ1n) is 4.75. The third kappa shape index (κ3) is 2.18. The Morgan fingerprint density at radius 3 is 2.53 bits per heavy atom. The van der Waals surface area contributed by atoms with Crippen LogP contribution in [0.5, 0.6) is 0 Å². The van der Waals surface area contributed by atoms with Gasteiger partial charge in [0.05, 0.1) is 11.2 Å². The minimum absolute atomic E-state index is 0.806. The second kappa shape index (κ2) is 4.03. The molecule has 2 N–H and O–H groups in total. The first-order chi connectivity index (χ1) is 7.16. The van der Waals surface area contributed by atoms with Crippen molar-refractivity contribution < 1.29 is 4.42 Å². The molecular weight excluding hydrogens is 206 g/mol. The van der Waals surface area contributed by atoms with Crippen LogP contribution in [0, 0.1) is 13.8 Å². The summed E-state index contributed by atoms with van der Waals surface area (Å²) in [6, 6.07) is 7.93. The van der Waals surface area contributed by atoms with Crippen molar-refractivity contribution in [1.29, 1.82) is 0 Å². The molecule has 2 rings (SSSR count). The van der Waals surface area contributed by atoms with E-state index in [1.54, 1.807) is 18.0 Å². The standard InChI is InChI=1S/C12H13NOS/c1-8-7-10(13)3-4-11(8)15-12-5-6-14-9(12)2/h3-7H,13H2,1-2H3. The topological polar surface area (TPSA) is 39.2 Å². The maximum absolute atomic E-state index is 5.70. The molecule has 1 heterocycles. The molecule has 0 aliphatic carbocycles. The molecule has 0 aliphatic heterocycles. The molecule has 0 radical (unpaired) electrons. The summed E-state index contributed by atoms with van der Waals surface area (Å²) in [5.41, 5.74) is 7.70. The molecule has 3 heteroatoms. The van der Waals surface area contributed by atoms with Crippen LogP contribution in [-0.2, 0) is 0 Å². The van der Waals surface area contributed by atoms with Crippen LogP contribution in [0.1, 0.15) is 11.3 Å². The largest absolute Gasteiger partial charge is 0.468 e. The van der Waals surface area contributed by atoms with Gasteiger partial charge in [-0.1, -0.05) is 11.8 Å². The van der Waals surface area contributed by atoms with Gasteiger partial charge in [-0.3, -0.25) is 0 Å². The van der Waals surface area contributed by atoms with Crippen molar-refractivity contribution in [3.05, 3.63) is 41.9 Å². The zero-order chi connectivity index (χ0) is 10.8. The number of anilines is 1. The lowest BCUT2D eigenvalue weighted by atomic mass is 10.2. The van der Waals surface area contributed by atoms with Gasteiger partial charge < -0.3 is 10.2 Å². The maximum atomic E-state index is 5.70. The molecule has 2 aromatic rings. The van der Waals surface area contributed by atoms with E-state index in [-0.39, 0.29) is 0 Å². The quantitative estimate of drug-likeness (QED) is 0.784. The van der Waals surface area contributed by atoms with Gasteiger partial charge in [-0.25, -0.2) is 0 Å². The van der Waals surface area contributed by atoms with Gasteiger partial charge >= 0.3 is 0 Å². The monoisotopic (exact) mass is 219 g/mol. The Kier molecular flexibility index (Phi) is 2.73. The molecule has 1 aromatic carbocycles. The average molecular weight is 219 g/mol. The second-order valence-electron chi connectivity index (χ2n) is 3.47. The molecule has 0 fully saturated rings. The van der Waals surface area contributed by atoms with Crippen molar-refractivity contribution in [3.63, 3.8) is 0 Å². The Balaban J connectivity index is 2.29. The third-order valence-electron chi connectivity index (χ3n) is 2.23. The summed E-state index contributed by atoms with van der Waals surface area (Å²) < 4.78 is 5.25. The van der Waals surface area contributed by atoms with E-state index >= 15 is 0 Å². The minimum Gasteiger partial charge on any atom is -0.468 e. The summed E-state index contributed by atoms with van der Waals surface area (Å²) in [5, 5.41) is 0. The fourth-order valence-electron chi connectivity index (χ4n) is 1.38. The Morgan fingerprint density at radius 1 is 1.13 bits per heavy atom.